The third-order valence-corrected chi connectivity index (χ3v) is 2.57. The zero-order valence-corrected chi connectivity index (χ0v) is 8.79. The van der Waals surface area contributed by atoms with Gasteiger partial charge in [-0.15, -0.1) is 0 Å². The molecule has 2 rings (SSSR count). The van der Waals surface area contributed by atoms with Crippen molar-refractivity contribution >= 4 is 0 Å². The Morgan fingerprint density at radius 2 is 2.14 bits per heavy atom. The molecule has 0 spiro atoms. The second kappa shape index (κ2) is 3.28. The summed E-state index contributed by atoms with van der Waals surface area (Å²) in [6, 6.07) is 8.23. The smallest absolute Gasteiger partial charge is 0.122 e. The van der Waals surface area contributed by atoms with Gasteiger partial charge in [0.15, 0.2) is 0 Å². The predicted octanol–water partition coefficient (Wildman–Crippen LogP) is 2.29. The molecule has 0 radical (unpaired) electrons. The van der Waals surface area contributed by atoms with Crippen LogP contribution in [0.1, 0.15) is 31.7 Å². The molecule has 1 aliphatic rings. The van der Waals surface area contributed by atoms with Crippen molar-refractivity contribution < 1.29 is 4.74 Å². The molecule has 0 aromatic heterocycles. The van der Waals surface area contributed by atoms with E-state index in [0.717, 1.165) is 18.8 Å². The minimum Gasteiger partial charge on any atom is -0.493 e. The van der Waals surface area contributed by atoms with Crippen molar-refractivity contribution in [2.45, 2.75) is 31.7 Å². The van der Waals surface area contributed by atoms with E-state index in [2.05, 4.69) is 26.0 Å². The van der Waals surface area contributed by atoms with Crippen LogP contribution in [0.3, 0.4) is 0 Å². The highest BCUT2D eigenvalue weighted by atomic mass is 16.5. The van der Waals surface area contributed by atoms with Crippen LogP contribution in [0.25, 0.3) is 0 Å². The lowest BCUT2D eigenvalue weighted by atomic mass is 9.88. The van der Waals surface area contributed by atoms with Crippen molar-refractivity contribution in [1.82, 2.24) is 0 Å². The number of fused-ring (bicyclic) bond motifs is 1. The van der Waals surface area contributed by atoms with Crippen LogP contribution in [0.4, 0.5) is 0 Å². The first kappa shape index (κ1) is 9.53. The molecule has 1 unspecified atom stereocenters. The Hall–Kier alpha value is -1.02. The molecule has 14 heavy (non-hydrogen) atoms. The second-order valence-electron chi connectivity index (χ2n) is 4.74. The van der Waals surface area contributed by atoms with Crippen LogP contribution in [-0.2, 0) is 0 Å². The van der Waals surface area contributed by atoms with E-state index in [9.17, 15) is 0 Å². The monoisotopic (exact) mass is 191 g/mol. The summed E-state index contributed by atoms with van der Waals surface area (Å²) in [5.41, 5.74) is 7.21. The topological polar surface area (TPSA) is 35.2 Å². The van der Waals surface area contributed by atoms with Crippen LogP contribution < -0.4 is 10.5 Å². The summed E-state index contributed by atoms with van der Waals surface area (Å²) < 4.78 is 5.60. The van der Waals surface area contributed by atoms with E-state index in [-0.39, 0.29) is 5.54 Å². The van der Waals surface area contributed by atoms with Crippen LogP contribution in [0.2, 0.25) is 0 Å². The van der Waals surface area contributed by atoms with Gasteiger partial charge in [-0.1, -0.05) is 18.2 Å². The van der Waals surface area contributed by atoms with E-state index >= 15 is 0 Å². The van der Waals surface area contributed by atoms with Crippen molar-refractivity contribution in [3.05, 3.63) is 29.8 Å². The molecule has 1 aromatic rings. The van der Waals surface area contributed by atoms with E-state index in [4.69, 9.17) is 10.5 Å². The summed E-state index contributed by atoms with van der Waals surface area (Å²) in [4.78, 5) is 0. The van der Waals surface area contributed by atoms with Gasteiger partial charge in [-0.05, 0) is 26.3 Å². The fourth-order valence-electron chi connectivity index (χ4n) is 2.03. The number of nitrogens with two attached hydrogens (primary N) is 1. The highest BCUT2D eigenvalue weighted by molar-refractivity contribution is 5.39. The molecule has 0 saturated carbocycles. The summed E-state index contributed by atoms with van der Waals surface area (Å²) in [6.45, 7) is 4.90. The molecule has 0 fully saturated rings. The lowest BCUT2D eigenvalue weighted by molar-refractivity contribution is 0.303. The standard InChI is InChI=1S/C12H17NO/c1-12(2,13)7-9-8-14-11-6-4-3-5-10(9)11/h3-6,9H,7-8,13H2,1-2H3. The van der Waals surface area contributed by atoms with Crippen LogP contribution in [0.5, 0.6) is 5.75 Å². The average molecular weight is 191 g/mol. The predicted molar refractivity (Wildman–Crippen MR) is 57.6 cm³/mol. The zero-order chi connectivity index (χ0) is 10.2. The number of hydrogen-bond acceptors (Lipinski definition) is 2. The molecule has 0 amide bonds. The maximum atomic E-state index is 6.02. The normalized spacial score (nSPS) is 20.4. The maximum absolute atomic E-state index is 6.02. The number of benzene rings is 1. The van der Waals surface area contributed by atoms with Crippen LogP contribution in [0, 0.1) is 0 Å². The molecule has 1 aromatic carbocycles. The van der Waals surface area contributed by atoms with Crippen molar-refractivity contribution in [3.63, 3.8) is 0 Å². The van der Waals surface area contributed by atoms with Gasteiger partial charge in [0.05, 0.1) is 6.61 Å². The molecular weight excluding hydrogens is 174 g/mol. The van der Waals surface area contributed by atoms with Gasteiger partial charge in [0.2, 0.25) is 0 Å². The fourth-order valence-corrected chi connectivity index (χ4v) is 2.03. The van der Waals surface area contributed by atoms with Crippen molar-refractivity contribution in [2.75, 3.05) is 6.61 Å². The Bertz CT molecular complexity index is 327. The number of hydrogen-bond donors (Lipinski definition) is 1. The molecule has 1 heterocycles. The summed E-state index contributed by atoms with van der Waals surface area (Å²) in [6.07, 6.45) is 0.976. The molecule has 1 atom stereocenters. The van der Waals surface area contributed by atoms with Gasteiger partial charge in [0.25, 0.3) is 0 Å². The maximum Gasteiger partial charge on any atom is 0.122 e. The summed E-state index contributed by atoms with van der Waals surface area (Å²) in [5, 5.41) is 0. The summed E-state index contributed by atoms with van der Waals surface area (Å²) in [7, 11) is 0. The van der Waals surface area contributed by atoms with Gasteiger partial charge >= 0.3 is 0 Å². The van der Waals surface area contributed by atoms with Gasteiger partial charge in [0, 0.05) is 17.0 Å². The number of rotatable bonds is 2. The van der Waals surface area contributed by atoms with E-state index < -0.39 is 0 Å². The van der Waals surface area contributed by atoms with Gasteiger partial charge in [-0.2, -0.15) is 0 Å². The van der Waals surface area contributed by atoms with Gasteiger partial charge in [0.1, 0.15) is 5.75 Å². The van der Waals surface area contributed by atoms with Crippen LogP contribution in [-0.4, -0.2) is 12.1 Å². The number of para-hydroxylation sites is 1. The first-order chi connectivity index (χ1) is 6.56. The molecule has 1 aliphatic heterocycles. The summed E-state index contributed by atoms with van der Waals surface area (Å²) >= 11 is 0. The molecule has 0 bridgehead atoms. The van der Waals surface area contributed by atoms with Gasteiger partial charge in [-0.3, -0.25) is 0 Å². The third kappa shape index (κ3) is 1.90. The van der Waals surface area contributed by atoms with Gasteiger partial charge < -0.3 is 10.5 Å². The molecule has 76 valence electrons. The van der Waals surface area contributed by atoms with E-state index in [1.54, 1.807) is 0 Å². The van der Waals surface area contributed by atoms with Crippen LogP contribution in [0.15, 0.2) is 24.3 Å². The molecule has 2 nitrogen and oxygen atoms in total. The molecular formula is C12H17NO. The Labute approximate surface area is 85.1 Å². The van der Waals surface area contributed by atoms with Gasteiger partial charge in [-0.25, -0.2) is 0 Å². The Morgan fingerprint density at radius 3 is 2.86 bits per heavy atom. The van der Waals surface area contributed by atoms with Crippen molar-refractivity contribution in [3.8, 4) is 5.75 Å². The molecule has 2 heteroatoms. The van der Waals surface area contributed by atoms with Crippen molar-refractivity contribution in [1.29, 1.82) is 0 Å². The van der Waals surface area contributed by atoms with Crippen LogP contribution >= 0.6 is 0 Å². The second-order valence-corrected chi connectivity index (χ2v) is 4.74. The molecule has 0 aliphatic carbocycles. The van der Waals surface area contributed by atoms with Crippen molar-refractivity contribution in [2.24, 2.45) is 5.73 Å². The first-order valence-corrected chi connectivity index (χ1v) is 5.07. The minimum atomic E-state index is -0.120. The SMILES string of the molecule is CC(C)(N)CC1COc2ccccc21. The molecule has 2 N–H and O–H groups in total. The highest BCUT2D eigenvalue weighted by Gasteiger charge is 2.27. The quantitative estimate of drug-likeness (QED) is 0.778. The Morgan fingerprint density at radius 1 is 1.43 bits per heavy atom. The zero-order valence-electron chi connectivity index (χ0n) is 8.79. The highest BCUT2D eigenvalue weighted by Crippen LogP contribution is 2.37. The number of ether oxygens (including phenoxy) is 1. The van der Waals surface area contributed by atoms with E-state index in [1.165, 1.54) is 5.56 Å². The lowest BCUT2D eigenvalue weighted by Gasteiger charge is -2.22. The Kier molecular flexibility index (Phi) is 2.23. The minimum absolute atomic E-state index is 0.120. The van der Waals surface area contributed by atoms with E-state index in [1.807, 2.05) is 12.1 Å². The Balaban J connectivity index is 2.18. The largest absolute Gasteiger partial charge is 0.493 e. The molecule has 0 saturated heterocycles. The fraction of sp³-hybridized carbons (Fsp3) is 0.500. The van der Waals surface area contributed by atoms with E-state index in [0.29, 0.717) is 5.92 Å². The third-order valence-electron chi connectivity index (χ3n) is 2.57. The first-order valence-electron chi connectivity index (χ1n) is 5.07. The lowest BCUT2D eigenvalue weighted by Crippen LogP contribution is -2.34. The summed E-state index contributed by atoms with van der Waals surface area (Å²) in [5.74, 6) is 1.49. The average Bonchev–Trinajstić information content (AvgIpc) is 2.47.